The van der Waals surface area contributed by atoms with Gasteiger partial charge in [-0.3, -0.25) is 0 Å². The number of aromatic nitrogens is 1. The quantitative estimate of drug-likeness (QED) is 0.715. The first kappa shape index (κ1) is 14.6. The number of nitrogens with one attached hydrogen (secondary N) is 1. The Hall–Kier alpha value is -2.33. The number of hydrogen-bond donors (Lipinski definition) is 2. The number of thiocarbonyl (C=S) groups is 1. The molecule has 2 aromatic carbocycles. The Balaban J connectivity index is 2.23. The summed E-state index contributed by atoms with van der Waals surface area (Å²) in [6, 6.07) is 14.3. The molecule has 0 saturated carbocycles. The fourth-order valence-corrected chi connectivity index (χ4v) is 2.89. The highest BCUT2D eigenvalue weighted by molar-refractivity contribution is 7.80. The summed E-state index contributed by atoms with van der Waals surface area (Å²) in [7, 11) is 1.65. The van der Waals surface area contributed by atoms with Crippen LogP contribution < -0.4 is 10.5 Å². The molecule has 0 aliphatic rings. The Morgan fingerprint density at radius 1 is 1.18 bits per heavy atom. The predicted octanol–water partition coefficient (Wildman–Crippen LogP) is 4.04. The third kappa shape index (κ3) is 2.46. The molecule has 112 valence electrons. The number of aryl methyl sites for hydroxylation is 1. The SMILES string of the molecule is CCc1ccc(-c2[nH]c3ccc(OC)cc3c2C(N)=S)cc1. The minimum absolute atomic E-state index is 0.383. The van der Waals surface area contributed by atoms with Gasteiger partial charge in [0.05, 0.1) is 12.8 Å². The monoisotopic (exact) mass is 310 g/mol. The van der Waals surface area contributed by atoms with E-state index in [1.807, 2.05) is 18.2 Å². The molecular weight excluding hydrogens is 292 g/mol. The number of fused-ring (bicyclic) bond motifs is 1. The van der Waals surface area contributed by atoms with Gasteiger partial charge in [-0.05, 0) is 35.7 Å². The van der Waals surface area contributed by atoms with Gasteiger partial charge >= 0.3 is 0 Å². The molecule has 0 amide bonds. The van der Waals surface area contributed by atoms with Crippen molar-refractivity contribution in [2.75, 3.05) is 7.11 Å². The lowest BCUT2D eigenvalue weighted by atomic mass is 10.0. The lowest BCUT2D eigenvalue weighted by molar-refractivity contribution is 0.415. The van der Waals surface area contributed by atoms with E-state index in [-0.39, 0.29) is 0 Å². The van der Waals surface area contributed by atoms with Gasteiger partial charge in [0.15, 0.2) is 0 Å². The number of rotatable bonds is 4. The van der Waals surface area contributed by atoms with Crippen molar-refractivity contribution in [3.05, 3.63) is 53.6 Å². The summed E-state index contributed by atoms with van der Waals surface area (Å²) >= 11 is 5.28. The molecule has 1 heterocycles. The molecule has 0 bridgehead atoms. The normalized spacial score (nSPS) is 10.8. The second-order valence-electron chi connectivity index (χ2n) is 5.20. The van der Waals surface area contributed by atoms with Crippen LogP contribution in [-0.4, -0.2) is 17.1 Å². The predicted molar refractivity (Wildman–Crippen MR) is 95.6 cm³/mol. The molecule has 3 aromatic rings. The maximum Gasteiger partial charge on any atom is 0.119 e. The van der Waals surface area contributed by atoms with Gasteiger partial charge < -0.3 is 15.5 Å². The van der Waals surface area contributed by atoms with Crippen LogP contribution in [0.3, 0.4) is 0 Å². The molecule has 0 unspecified atom stereocenters. The Morgan fingerprint density at radius 3 is 2.50 bits per heavy atom. The second-order valence-corrected chi connectivity index (χ2v) is 5.64. The van der Waals surface area contributed by atoms with Crippen LogP contribution in [0.15, 0.2) is 42.5 Å². The average molecular weight is 310 g/mol. The molecule has 3 nitrogen and oxygen atoms in total. The van der Waals surface area contributed by atoms with Crippen LogP contribution in [0.2, 0.25) is 0 Å². The largest absolute Gasteiger partial charge is 0.497 e. The van der Waals surface area contributed by atoms with Crippen LogP contribution in [0, 0.1) is 0 Å². The molecule has 3 rings (SSSR count). The lowest BCUT2D eigenvalue weighted by Gasteiger charge is -2.05. The van der Waals surface area contributed by atoms with E-state index in [2.05, 4.69) is 36.2 Å². The Kier molecular flexibility index (Phi) is 3.86. The van der Waals surface area contributed by atoms with Crippen molar-refractivity contribution in [3.8, 4) is 17.0 Å². The van der Waals surface area contributed by atoms with Crippen LogP contribution in [0.4, 0.5) is 0 Å². The highest BCUT2D eigenvalue weighted by Gasteiger charge is 2.16. The number of hydrogen-bond acceptors (Lipinski definition) is 2. The maximum absolute atomic E-state index is 5.98. The number of aromatic amines is 1. The molecule has 0 aliphatic carbocycles. The van der Waals surface area contributed by atoms with Crippen LogP contribution in [0.5, 0.6) is 5.75 Å². The first-order valence-corrected chi connectivity index (χ1v) is 7.63. The number of methoxy groups -OCH3 is 1. The van der Waals surface area contributed by atoms with E-state index in [0.29, 0.717) is 4.99 Å². The molecule has 0 aliphatic heterocycles. The van der Waals surface area contributed by atoms with Gasteiger partial charge in [-0.2, -0.15) is 0 Å². The summed E-state index contributed by atoms with van der Waals surface area (Å²) in [5.74, 6) is 0.789. The Labute approximate surface area is 135 Å². The summed E-state index contributed by atoms with van der Waals surface area (Å²) in [6.07, 6.45) is 1.02. The Bertz CT molecular complexity index is 834. The first-order valence-electron chi connectivity index (χ1n) is 7.23. The number of H-pyrrole nitrogens is 1. The lowest BCUT2D eigenvalue weighted by Crippen LogP contribution is -2.10. The average Bonchev–Trinajstić information content (AvgIpc) is 2.93. The standard InChI is InChI=1S/C18H18N2OS/c1-3-11-4-6-12(7-5-11)17-16(18(19)22)14-10-13(21-2)8-9-15(14)20-17/h4-10,20H,3H2,1-2H3,(H2,19,22). The van der Waals surface area contributed by atoms with Gasteiger partial charge in [-0.15, -0.1) is 0 Å². The van der Waals surface area contributed by atoms with Crippen molar-refractivity contribution in [2.24, 2.45) is 5.73 Å². The maximum atomic E-state index is 5.98. The minimum Gasteiger partial charge on any atom is -0.497 e. The summed E-state index contributed by atoms with van der Waals surface area (Å²) in [5.41, 5.74) is 11.2. The molecule has 0 radical (unpaired) electrons. The molecule has 3 N–H and O–H groups in total. The van der Waals surface area contributed by atoms with Crippen molar-refractivity contribution in [1.29, 1.82) is 0 Å². The van der Waals surface area contributed by atoms with Crippen LogP contribution in [0.1, 0.15) is 18.1 Å². The summed E-state index contributed by atoms with van der Waals surface area (Å²) in [5, 5.41) is 0.987. The van der Waals surface area contributed by atoms with Crippen molar-refractivity contribution in [3.63, 3.8) is 0 Å². The van der Waals surface area contributed by atoms with Gasteiger partial charge in [-0.25, -0.2) is 0 Å². The van der Waals surface area contributed by atoms with E-state index in [1.165, 1.54) is 5.56 Å². The molecular formula is C18H18N2OS. The van der Waals surface area contributed by atoms with E-state index in [9.17, 15) is 0 Å². The fraction of sp³-hybridized carbons (Fsp3) is 0.167. The van der Waals surface area contributed by atoms with E-state index in [1.54, 1.807) is 7.11 Å². The minimum atomic E-state index is 0.383. The van der Waals surface area contributed by atoms with E-state index < -0.39 is 0 Å². The highest BCUT2D eigenvalue weighted by Crippen LogP contribution is 2.32. The number of ether oxygens (including phenoxy) is 1. The molecule has 1 aromatic heterocycles. The van der Waals surface area contributed by atoms with E-state index in [0.717, 1.165) is 39.9 Å². The number of benzene rings is 2. The highest BCUT2D eigenvalue weighted by atomic mass is 32.1. The van der Waals surface area contributed by atoms with Crippen molar-refractivity contribution in [1.82, 2.24) is 4.98 Å². The third-order valence-electron chi connectivity index (χ3n) is 3.90. The van der Waals surface area contributed by atoms with Gasteiger partial charge in [0.1, 0.15) is 10.7 Å². The first-order chi connectivity index (χ1) is 10.6. The number of nitrogens with two attached hydrogens (primary N) is 1. The van der Waals surface area contributed by atoms with Gasteiger partial charge in [0.2, 0.25) is 0 Å². The van der Waals surface area contributed by atoms with Crippen LogP contribution >= 0.6 is 12.2 Å². The summed E-state index contributed by atoms with van der Waals surface area (Å²) in [6.45, 7) is 2.14. The smallest absolute Gasteiger partial charge is 0.119 e. The molecule has 0 fully saturated rings. The second kappa shape index (κ2) is 5.81. The zero-order valence-electron chi connectivity index (χ0n) is 12.6. The zero-order chi connectivity index (χ0) is 15.7. The summed E-state index contributed by atoms with van der Waals surface area (Å²) in [4.78, 5) is 3.81. The van der Waals surface area contributed by atoms with E-state index >= 15 is 0 Å². The molecule has 22 heavy (non-hydrogen) atoms. The van der Waals surface area contributed by atoms with Crippen molar-refractivity contribution < 1.29 is 4.74 Å². The van der Waals surface area contributed by atoms with Crippen molar-refractivity contribution in [2.45, 2.75) is 13.3 Å². The van der Waals surface area contributed by atoms with Crippen LogP contribution in [0.25, 0.3) is 22.2 Å². The van der Waals surface area contributed by atoms with Gasteiger partial charge in [0, 0.05) is 16.5 Å². The summed E-state index contributed by atoms with van der Waals surface area (Å²) < 4.78 is 5.30. The van der Waals surface area contributed by atoms with E-state index in [4.69, 9.17) is 22.7 Å². The molecule has 0 atom stereocenters. The van der Waals surface area contributed by atoms with Crippen LogP contribution in [-0.2, 0) is 6.42 Å². The topological polar surface area (TPSA) is 51.0 Å². The van der Waals surface area contributed by atoms with Gasteiger partial charge in [0.25, 0.3) is 0 Å². The fourth-order valence-electron chi connectivity index (χ4n) is 2.68. The molecule has 4 heteroatoms. The van der Waals surface area contributed by atoms with Crippen molar-refractivity contribution >= 4 is 28.1 Å². The Morgan fingerprint density at radius 2 is 1.91 bits per heavy atom. The third-order valence-corrected chi connectivity index (χ3v) is 4.11. The molecule has 0 saturated heterocycles. The zero-order valence-corrected chi connectivity index (χ0v) is 13.5. The van der Waals surface area contributed by atoms with Gasteiger partial charge in [-0.1, -0.05) is 43.4 Å². The molecule has 0 spiro atoms.